The van der Waals surface area contributed by atoms with Crippen molar-refractivity contribution in [1.29, 1.82) is 0 Å². The standard InChI is InChI=1S/C24H24N4O/c1-24(2,3)18-11-9-17(10-12-18)16-28-22(13-15-26-28)27-23(29)20-6-4-8-21-19(20)7-5-14-25-21/h4-15H,16H2,1-3H3,(H,27,29). The molecule has 2 aromatic carbocycles. The summed E-state index contributed by atoms with van der Waals surface area (Å²) in [6.07, 6.45) is 3.42. The van der Waals surface area contributed by atoms with Crippen molar-refractivity contribution in [3.63, 3.8) is 0 Å². The van der Waals surface area contributed by atoms with Gasteiger partial charge in [0.05, 0.1) is 18.3 Å². The summed E-state index contributed by atoms with van der Waals surface area (Å²) in [5.74, 6) is 0.490. The third-order valence-corrected chi connectivity index (χ3v) is 5.00. The Balaban J connectivity index is 1.54. The van der Waals surface area contributed by atoms with E-state index in [2.05, 4.69) is 60.4 Å². The Bertz CT molecular complexity index is 1150. The molecule has 0 unspecified atom stereocenters. The first-order chi connectivity index (χ1) is 13.9. The van der Waals surface area contributed by atoms with Gasteiger partial charge in [-0.15, -0.1) is 0 Å². The summed E-state index contributed by atoms with van der Waals surface area (Å²) in [5.41, 5.74) is 3.94. The van der Waals surface area contributed by atoms with Crippen molar-refractivity contribution in [2.24, 2.45) is 0 Å². The van der Waals surface area contributed by atoms with Crippen LogP contribution in [-0.4, -0.2) is 20.7 Å². The predicted octanol–water partition coefficient (Wildman–Crippen LogP) is 5.03. The lowest BCUT2D eigenvalue weighted by Crippen LogP contribution is -2.16. The summed E-state index contributed by atoms with van der Waals surface area (Å²) >= 11 is 0. The molecule has 0 bridgehead atoms. The predicted molar refractivity (Wildman–Crippen MR) is 116 cm³/mol. The van der Waals surface area contributed by atoms with Crippen molar-refractivity contribution in [3.05, 3.63) is 89.7 Å². The lowest BCUT2D eigenvalue weighted by molar-refractivity contribution is 0.102. The number of amides is 1. The van der Waals surface area contributed by atoms with Crippen molar-refractivity contribution < 1.29 is 4.79 Å². The van der Waals surface area contributed by atoms with E-state index in [1.54, 1.807) is 17.1 Å². The zero-order chi connectivity index (χ0) is 20.4. The number of rotatable bonds is 4. The molecule has 1 N–H and O–H groups in total. The van der Waals surface area contributed by atoms with Crippen LogP contribution < -0.4 is 5.32 Å². The van der Waals surface area contributed by atoms with Gasteiger partial charge in [0.1, 0.15) is 5.82 Å². The molecule has 2 aromatic heterocycles. The lowest BCUT2D eigenvalue weighted by atomic mass is 9.87. The number of nitrogens with one attached hydrogen (secondary N) is 1. The van der Waals surface area contributed by atoms with Crippen molar-refractivity contribution in [2.75, 3.05) is 5.32 Å². The molecule has 5 nitrogen and oxygen atoms in total. The van der Waals surface area contributed by atoms with E-state index in [4.69, 9.17) is 0 Å². The minimum atomic E-state index is -0.173. The van der Waals surface area contributed by atoms with Crippen molar-refractivity contribution in [2.45, 2.75) is 32.7 Å². The van der Waals surface area contributed by atoms with Crippen LogP contribution in [0.4, 0.5) is 5.82 Å². The zero-order valence-corrected chi connectivity index (χ0v) is 16.9. The summed E-state index contributed by atoms with van der Waals surface area (Å²) < 4.78 is 1.80. The summed E-state index contributed by atoms with van der Waals surface area (Å²) in [5, 5.41) is 8.20. The number of benzene rings is 2. The SMILES string of the molecule is CC(C)(C)c1ccc(Cn2nccc2NC(=O)c2cccc3ncccc23)cc1. The molecule has 0 radical (unpaired) electrons. The van der Waals surface area contributed by atoms with Crippen LogP contribution in [0.3, 0.4) is 0 Å². The molecule has 146 valence electrons. The Kier molecular flexibility index (Phi) is 4.89. The van der Waals surface area contributed by atoms with E-state index in [0.717, 1.165) is 16.5 Å². The fraction of sp³-hybridized carbons (Fsp3) is 0.208. The smallest absolute Gasteiger partial charge is 0.257 e. The van der Waals surface area contributed by atoms with Crippen LogP contribution in [0.5, 0.6) is 0 Å². The highest BCUT2D eigenvalue weighted by Gasteiger charge is 2.15. The Morgan fingerprint density at radius 3 is 2.52 bits per heavy atom. The van der Waals surface area contributed by atoms with Gasteiger partial charge in [0.15, 0.2) is 0 Å². The van der Waals surface area contributed by atoms with E-state index in [1.165, 1.54) is 5.56 Å². The van der Waals surface area contributed by atoms with Gasteiger partial charge in [0.2, 0.25) is 0 Å². The minimum absolute atomic E-state index is 0.122. The lowest BCUT2D eigenvalue weighted by Gasteiger charge is -2.19. The highest BCUT2D eigenvalue weighted by molar-refractivity contribution is 6.12. The molecule has 4 rings (SSSR count). The first-order valence-electron chi connectivity index (χ1n) is 9.68. The number of hydrogen-bond donors (Lipinski definition) is 1. The highest BCUT2D eigenvalue weighted by Crippen LogP contribution is 2.23. The highest BCUT2D eigenvalue weighted by atomic mass is 16.1. The Morgan fingerprint density at radius 2 is 1.76 bits per heavy atom. The van der Waals surface area contributed by atoms with Crippen LogP contribution in [0, 0.1) is 0 Å². The van der Waals surface area contributed by atoms with Gasteiger partial charge in [0, 0.05) is 23.2 Å². The van der Waals surface area contributed by atoms with Gasteiger partial charge in [-0.25, -0.2) is 4.68 Å². The summed E-state index contributed by atoms with van der Waals surface area (Å²) in [7, 11) is 0. The fourth-order valence-corrected chi connectivity index (χ4v) is 3.33. The minimum Gasteiger partial charge on any atom is -0.307 e. The number of hydrogen-bond acceptors (Lipinski definition) is 3. The molecule has 0 saturated carbocycles. The molecule has 0 saturated heterocycles. The van der Waals surface area contributed by atoms with Gasteiger partial charge in [0.25, 0.3) is 5.91 Å². The summed E-state index contributed by atoms with van der Waals surface area (Å²) in [6.45, 7) is 7.19. The molecule has 0 aliphatic rings. The van der Waals surface area contributed by atoms with Crippen LogP contribution in [0.1, 0.15) is 42.3 Å². The normalized spacial score (nSPS) is 11.6. The molecule has 0 aliphatic heterocycles. The van der Waals surface area contributed by atoms with Crippen LogP contribution in [0.2, 0.25) is 0 Å². The number of aromatic nitrogens is 3. The second-order valence-electron chi connectivity index (χ2n) is 8.15. The molecule has 2 heterocycles. The Morgan fingerprint density at radius 1 is 0.966 bits per heavy atom. The summed E-state index contributed by atoms with van der Waals surface area (Å²) in [6, 6.07) is 19.6. The second kappa shape index (κ2) is 7.51. The number of carbonyl (C=O) groups excluding carboxylic acids is 1. The first-order valence-corrected chi connectivity index (χ1v) is 9.68. The molecular formula is C24H24N4O. The maximum absolute atomic E-state index is 12.9. The van der Waals surface area contributed by atoms with E-state index in [9.17, 15) is 4.79 Å². The zero-order valence-electron chi connectivity index (χ0n) is 16.9. The number of anilines is 1. The number of nitrogens with zero attached hydrogens (tertiary/aromatic N) is 3. The quantitative estimate of drug-likeness (QED) is 0.537. The van der Waals surface area contributed by atoms with E-state index in [1.807, 2.05) is 36.4 Å². The monoisotopic (exact) mass is 384 g/mol. The molecule has 0 aliphatic carbocycles. The molecule has 1 amide bonds. The van der Waals surface area contributed by atoms with Crippen LogP contribution >= 0.6 is 0 Å². The molecule has 0 fully saturated rings. The third-order valence-electron chi connectivity index (χ3n) is 5.00. The molecule has 5 heteroatoms. The first kappa shape index (κ1) is 18.9. The number of carbonyl (C=O) groups is 1. The van der Waals surface area contributed by atoms with E-state index in [-0.39, 0.29) is 11.3 Å². The Labute approximate surface area is 170 Å². The average Bonchev–Trinajstić information content (AvgIpc) is 3.13. The topological polar surface area (TPSA) is 59.8 Å². The fourth-order valence-electron chi connectivity index (χ4n) is 3.33. The van der Waals surface area contributed by atoms with Crippen molar-refractivity contribution in [3.8, 4) is 0 Å². The third kappa shape index (κ3) is 4.04. The van der Waals surface area contributed by atoms with Crippen LogP contribution in [-0.2, 0) is 12.0 Å². The van der Waals surface area contributed by atoms with E-state index in [0.29, 0.717) is 17.9 Å². The van der Waals surface area contributed by atoms with E-state index >= 15 is 0 Å². The molecular weight excluding hydrogens is 360 g/mol. The summed E-state index contributed by atoms with van der Waals surface area (Å²) in [4.78, 5) is 17.2. The maximum Gasteiger partial charge on any atom is 0.257 e. The molecule has 0 spiro atoms. The van der Waals surface area contributed by atoms with Gasteiger partial charge in [-0.3, -0.25) is 9.78 Å². The van der Waals surface area contributed by atoms with Crippen molar-refractivity contribution in [1.82, 2.24) is 14.8 Å². The maximum atomic E-state index is 12.9. The average molecular weight is 384 g/mol. The largest absolute Gasteiger partial charge is 0.307 e. The molecule has 0 atom stereocenters. The van der Waals surface area contributed by atoms with Crippen LogP contribution in [0.15, 0.2) is 73.1 Å². The number of pyridine rings is 1. The molecule has 4 aromatic rings. The van der Waals surface area contributed by atoms with Gasteiger partial charge in [-0.05, 0) is 34.7 Å². The van der Waals surface area contributed by atoms with Gasteiger partial charge >= 0.3 is 0 Å². The second-order valence-corrected chi connectivity index (χ2v) is 8.15. The van der Waals surface area contributed by atoms with Gasteiger partial charge in [-0.2, -0.15) is 5.10 Å². The van der Waals surface area contributed by atoms with Gasteiger partial charge < -0.3 is 5.32 Å². The van der Waals surface area contributed by atoms with Crippen molar-refractivity contribution >= 4 is 22.6 Å². The van der Waals surface area contributed by atoms with Crippen LogP contribution in [0.25, 0.3) is 10.9 Å². The van der Waals surface area contributed by atoms with Gasteiger partial charge in [-0.1, -0.05) is 57.2 Å². The molecule has 29 heavy (non-hydrogen) atoms. The van der Waals surface area contributed by atoms with E-state index < -0.39 is 0 Å². The number of fused-ring (bicyclic) bond motifs is 1. The Hall–Kier alpha value is -3.47.